The van der Waals surface area contributed by atoms with Gasteiger partial charge in [-0.05, 0) is 35.2 Å². The Morgan fingerprint density at radius 3 is 2.43 bits per heavy atom. The average molecular weight is 388 g/mol. The number of guanidine groups is 1. The van der Waals surface area contributed by atoms with E-state index in [1.165, 1.54) is 0 Å². The van der Waals surface area contributed by atoms with Crippen molar-refractivity contribution in [2.75, 3.05) is 27.3 Å². The second-order valence-electron chi connectivity index (χ2n) is 7.74. The van der Waals surface area contributed by atoms with Crippen molar-refractivity contribution in [3.8, 4) is 5.75 Å². The highest BCUT2D eigenvalue weighted by atomic mass is 16.5. The van der Waals surface area contributed by atoms with E-state index in [0.29, 0.717) is 13.1 Å². The number of benzene rings is 1. The van der Waals surface area contributed by atoms with Gasteiger partial charge in [-0.1, -0.05) is 32.9 Å². The first-order valence-electron chi connectivity index (χ1n) is 9.62. The fourth-order valence-corrected chi connectivity index (χ4v) is 2.77. The largest absolute Gasteiger partial charge is 0.497 e. The van der Waals surface area contributed by atoms with Crippen LogP contribution in [0.2, 0.25) is 0 Å². The predicted octanol–water partition coefficient (Wildman–Crippen LogP) is 3.63. The highest BCUT2D eigenvalue weighted by Gasteiger charge is 2.24. The molecule has 0 amide bonds. The molecule has 6 nitrogen and oxygen atoms in total. The molecule has 1 aromatic heterocycles. The molecule has 0 saturated heterocycles. The van der Waals surface area contributed by atoms with Crippen molar-refractivity contribution < 1.29 is 13.9 Å². The van der Waals surface area contributed by atoms with E-state index in [9.17, 15) is 0 Å². The minimum atomic E-state index is 0.0387. The molecule has 2 N–H and O–H groups in total. The molecule has 6 heteroatoms. The van der Waals surface area contributed by atoms with Crippen molar-refractivity contribution in [1.29, 1.82) is 0 Å². The van der Waals surface area contributed by atoms with E-state index in [1.54, 1.807) is 20.5 Å². The Hall–Kier alpha value is -2.47. The highest BCUT2D eigenvalue weighted by Crippen LogP contribution is 2.21. The zero-order valence-electron chi connectivity index (χ0n) is 17.6. The number of nitrogens with zero attached hydrogens (tertiary/aromatic N) is 1. The van der Waals surface area contributed by atoms with Gasteiger partial charge in [-0.2, -0.15) is 0 Å². The summed E-state index contributed by atoms with van der Waals surface area (Å²) in [5, 5.41) is 6.79. The molecule has 1 atom stereocenters. The van der Waals surface area contributed by atoms with E-state index in [2.05, 4.69) is 31.4 Å². The lowest BCUT2D eigenvalue weighted by Gasteiger charge is -2.30. The van der Waals surface area contributed by atoms with Gasteiger partial charge in [-0.3, -0.25) is 0 Å². The van der Waals surface area contributed by atoms with Gasteiger partial charge in [0.1, 0.15) is 11.5 Å². The number of rotatable bonds is 9. The normalized spacial score (nSPS) is 13.2. The van der Waals surface area contributed by atoms with Crippen LogP contribution in [0.1, 0.15) is 32.1 Å². The number of furan rings is 1. The van der Waals surface area contributed by atoms with Gasteiger partial charge >= 0.3 is 0 Å². The van der Waals surface area contributed by atoms with Crippen LogP contribution >= 0.6 is 0 Å². The first kappa shape index (κ1) is 21.8. The molecule has 0 aliphatic heterocycles. The van der Waals surface area contributed by atoms with Crippen molar-refractivity contribution in [2.24, 2.45) is 10.4 Å². The molecule has 0 radical (unpaired) electrons. The summed E-state index contributed by atoms with van der Waals surface area (Å²) in [6.07, 6.45) is 2.56. The van der Waals surface area contributed by atoms with Crippen LogP contribution in [0.3, 0.4) is 0 Å². The van der Waals surface area contributed by atoms with Crippen LogP contribution < -0.4 is 15.4 Å². The number of hydrogen-bond acceptors (Lipinski definition) is 4. The Kier molecular flexibility index (Phi) is 8.39. The first-order chi connectivity index (χ1) is 13.4. The van der Waals surface area contributed by atoms with Gasteiger partial charge in [-0.25, -0.2) is 4.99 Å². The summed E-state index contributed by atoms with van der Waals surface area (Å²) < 4.78 is 16.2. The van der Waals surface area contributed by atoms with Crippen LogP contribution in [-0.2, 0) is 17.7 Å². The standard InChI is InChI=1S/C22H33N3O3/c1-22(2,3)20(27-5)16-25-21(23-13-12-19-7-6-14-28-19)24-15-17-8-10-18(26-4)11-9-17/h6-11,14,20H,12-13,15-16H2,1-5H3,(H2,23,24,25). The second kappa shape index (κ2) is 10.8. The quantitative estimate of drug-likeness (QED) is 0.508. The molecule has 2 aromatic rings. The molecule has 2 rings (SSSR count). The van der Waals surface area contributed by atoms with Crippen molar-refractivity contribution in [3.63, 3.8) is 0 Å². The zero-order valence-corrected chi connectivity index (χ0v) is 17.6. The van der Waals surface area contributed by atoms with Crippen LogP contribution in [0.25, 0.3) is 0 Å². The summed E-state index contributed by atoms with van der Waals surface area (Å²) >= 11 is 0. The molecular weight excluding hydrogens is 354 g/mol. The molecule has 0 spiro atoms. The molecule has 1 unspecified atom stereocenters. The monoisotopic (exact) mass is 387 g/mol. The minimum absolute atomic E-state index is 0.0387. The number of ether oxygens (including phenoxy) is 2. The van der Waals surface area contributed by atoms with Crippen LogP contribution in [-0.4, -0.2) is 39.4 Å². The number of hydrogen-bond donors (Lipinski definition) is 2. The van der Waals surface area contributed by atoms with Crippen LogP contribution in [0.4, 0.5) is 0 Å². The van der Waals surface area contributed by atoms with Gasteiger partial charge in [0.05, 0.1) is 26.0 Å². The van der Waals surface area contributed by atoms with Gasteiger partial charge in [0, 0.05) is 26.6 Å². The zero-order chi connectivity index (χ0) is 20.4. The Morgan fingerprint density at radius 1 is 1.11 bits per heavy atom. The third kappa shape index (κ3) is 7.27. The molecule has 154 valence electrons. The maximum Gasteiger partial charge on any atom is 0.191 e. The lowest BCUT2D eigenvalue weighted by Crippen LogP contribution is -2.45. The van der Waals surface area contributed by atoms with E-state index in [1.807, 2.05) is 36.4 Å². The van der Waals surface area contributed by atoms with Crippen molar-refractivity contribution in [1.82, 2.24) is 10.6 Å². The van der Waals surface area contributed by atoms with Crippen LogP contribution in [0.15, 0.2) is 52.1 Å². The van der Waals surface area contributed by atoms with E-state index in [4.69, 9.17) is 18.9 Å². The molecule has 1 heterocycles. The fraction of sp³-hybridized carbons (Fsp3) is 0.500. The molecule has 0 fully saturated rings. The fourth-order valence-electron chi connectivity index (χ4n) is 2.77. The highest BCUT2D eigenvalue weighted by molar-refractivity contribution is 5.79. The average Bonchev–Trinajstić information content (AvgIpc) is 3.18. The molecule has 0 bridgehead atoms. The molecule has 0 aliphatic carbocycles. The lowest BCUT2D eigenvalue weighted by molar-refractivity contribution is 0.0205. The van der Waals surface area contributed by atoms with Gasteiger partial charge in [0.15, 0.2) is 5.96 Å². The summed E-state index contributed by atoms with van der Waals surface area (Å²) in [5.74, 6) is 2.55. The van der Waals surface area contributed by atoms with Gasteiger partial charge in [0.2, 0.25) is 0 Å². The molecular formula is C22H33N3O3. The molecule has 0 saturated carbocycles. The number of methoxy groups -OCH3 is 2. The van der Waals surface area contributed by atoms with Crippen molar-refractivity contribution in [3.05, 3.63) is 54.0 Å². The first-order valence-corrected chi connectivity index (χ1v) is 9.62. The topological polar surface area (TPSA) is 68.0 Å². The lowest BCUT2D eigenvalue weighted by atomic mass is 9.89. The minimum Gasteiger partial charge on any atom is -0.497 e. The Bertz CT molecular complexity index is 704. The Balaban J connectivity index is 1.98. The summed E-state index contributed by atoms with van der Waals surface area (Å²) in [4.78, 5) is 4.72. The van der Waals surface area contributed by atoms with Crippen LogP contribution in [0.5, 0.6) is 5.75 Å². The molecule has 28 heavy (non-hydrogen) atoms. The third-order valence-electron chi connectivity index (χ3n) is 4.53. The number of nitrogens with one attached hydrogen (secondary N) is 2. The summed E-state index contributed by atoms with van der Waals surface area (Å²) in [5.41, 5.74) is 1.16. The Labute approximate surface area is 168 Å². The predicted molar refractivity (Wildman–Crippen MR) is 113 cm³/mol. The van der Waals surface area contributed by atoms with Gasteiger partial charge in [0.25, 0.3) is 0 Å². The molecule has 0 aliphatic rings. The maximum atomic E-state index is 5.64. The summed E-state index contributed by atoms with van der Waals surface area (Å²) in [6.45, 7) is 8.49. The summed E-state index contributed by atoms with van der Waals surface area (Å²) in [7, 11) is 3.41. The smallest absolute Gasteiger partial charge is 0.191 e. The van der Waals surface area contributed by atoms with E-state index >= 15 is 0 Å². The Morgan fingerprint density at radius 2 is 1.86 bits per heavy atom. The van der Waals surface area contributed by atoms with Gasteiger partial charge in [-0.15, -0.1) is 0 Å². The van der Waals surface area contributed by atoms with E-state index in [0.717, 1.165) is 36.0 Å². The van der Waals surface area contributed by atoms with Crippen molar-refractivity contribution >= 4 is 5.96 Å². The SMILES string of the molecule is COc1ccc(CN=C(NCCc2ccco2)NCC(OC)C(C)(C)C)cc1. The number of aliphatic imine (C=N–C) groups is 1. The maximum absolute atomic E-state index is 5.64. The van der Waals surface area contributed by atoms with Crippen molar-refractivity contribution in [2.45, 2.75) is 39.8 Å². The third-order valence-corrected chi connectivity index (χ3v) is 4.53. The van der Waals surface area contributed by atoms with E-state index < -0.39 is 0 Å². The molecule has 1 aromatic carbocycles. The van der Waals surface area contributed by atoms with Crippen LogP contribution in [0, 0.1) is 5.41 Å². The second-order valence-corrected chi connectivity index (χ2v) is 7.74. The van der Waals surface area contributed by atoms with E-state index in [-0.39, 0.29) is 11.5 Å². The van der Waals surface area contributed by atoms with Gasteiger partial charge < -0.3 is 24.5 Å². The summed E-state index contributed by atoms with van der Waals surface area (Å²) in [6, 6.07) is 11.8.